The third kappa shape index (κ3) is 5.20. The second kappa shape index (κ2) is 9.85. The van der Waals surface area contributed by atoms with Crippen molar-refractivity contribution in [1.29, 1.82) is 0 Å². The molecule has 0 saturated carbocycles. The van der Waals surface area contributed by atoms with Gasteiger partial charge in [-0.2, -0.15) is 11.8 Å². The van der Waals surface area contributed by atoms with Crippen molar-refractivity contribution >= 4 is 40.9 Å². The molecule has 1 N–H and O–H groups in total. The smallest absolute Gasteiger partial charge is 0.337 e. The molecule has 1 fully saturated rings. The highest BCUT2D eigenvalue weighted by Gasteiger charge is 2.19. The van der Waals surface area contributed by atoms with Crippen LogP contribution in [0.3, 0.4) is 0 Å². The number of carbonyl (C=O) groups excluding carboxylic acids is 2. The van der Waals surface area contributed by atoms with Gasteiger partial charge in [-0.3, -0.25) is 4.79 Å². The fourth-order valence-corrected chi connectivity index (χ4v) is 4.19. The molecule has 1 aliphatic rings. The number of benzene rings is 2. The topological polar surface area (TPSA) is 58.6 Å². The van der Waals surface area contributed by atoms with Crippen molar-refractivity contribution in [2.45, 2.75) is 6.42 Å². The van der Waals surface area contributed by atoms with Gasteiger partial charge in [0.15, 0.2) is 0 Å². The minimum absolute atomic E-state index is 0.123. The maximum atomic E-state index is 12.8. The van der Waals surface area contributed by atoms with Crippen molar-refractivity contribution in [1.82, 2.24) is 5.32 Å². The highest BCUT2D eigenvalue weighted by atomic mass is 35.5. The van der Waals surface area contributed by atoms with Crippen LogP contribution in [0.2, 0.25) is 5.02 Å². The first-order chi connectivity index (χ1) is 13.6. The van der Waals surface area contributed by atoms with E-state index >= 15 is 0 Å². The van der Waals surface area contributed by atoms with Gasteiger partial charge in [0.25, 0.3) is 5.91 Å². The van der Waals surface area contributed by atoms with Crippen molar-refractivity contribution in [2.75, 3.05) is 43.1 Å². The van der Waals surface area contributed by atoms with Crippen LogP contribution in [-0.2, 0) is 11.2 Å². The lowest BCUT2D eigenvalue weighted by atomic mass is 10.1. The molecule has 2 aromatic rings. The predicted octanol–water partition coefficient (Wildman–Crippen LogP) is 3.65. The average Bonchev–Trinajstić information content (AvgIpc) is 2.74. The number of hydrogen-bond donors (Lipinski definition) is 1. The van der Waals surface area contributed by atoms with Crippen molar-refractivity contribution in [3.05, 3.63) is 64.2 Å². The molecule has 5 nitrogen and oxygen atoms in total. The number of anilines is 1. The number of halogens is 1. The molecule has 0 bridgehead atoms. The van der Waals surface area contributed by atoms with Crippen LogP contribution in [0, 0.1) is 0 Å². The fraction of sp³-hybridized carbons (Fsp3) is 0.333. The van der Waals surface area contributed by atoms with E-state index in [1.54, 1.807) is 18.2 Å². The Morgan fingerprint density at radius 3 is 2.54 bits per heavy atom. The average molecular weight is 419 g/mol. The Bertz CT molecular complexity index is 836. The Kier molecular flexibility index (Phi) is 7.23. The first-order valence-electron chi connectivity index (χ1n) is 9.16. The van der Waals surface area contributed by atoms with E-state index in [1.165, 1.54) is 7.11 Å². The highest BCUT2D eigenvalue weighted by Crippen LogP contribution is 2.26. The second-order valence-electron chi connectivity index (χ2n) is 6.46. The third-order valence-corrected chi connectivity index (χ3v) is 5.81. The largest absolute Gasteiger partial charge is 0.465 e. The van der Waals surface area contributed by atoms with E-state index in [4.69, 9.17) is 16.3 Å². The molecule has 1 saturated heterocycles. The molecule has 2 aromatic carbocycles. The summed E-state index contributed by atoms with van der Waals surface area (Å²) >= 11 is 8.07. The lowest BCUT2D eigenvalue weighted by molar-refractivity contribution is 0.0600. The van der Waals surface area contributed by atoms with Crippen LogP contribution in [0.15, 0.2) is 42.5 Å². The maximum Gasteiger partial charge on any atom is 0.337 e. The molecule has 0 spiro atoms. The van der Waals surface area contributed by atoms with Gasteiger partial charge in [0.2, 0.25) is 0 Å². The van der Waals surface area contributed by atoms with E-state index in [1.807, 2.05) is 36.0 Å². The minimum Gasteiger partial charge on any atom is -0.465 e. The number of hydrogen-bond acceptors (Lipinski definition) is 5. The number of methoxy groups -OCH3 is 1. The number of ether oxygens (including phenoxy) is 1. The summed E-state index contributed by atoms with van der Waals surface area (Å²) in [5, 5.41) is 3.54. The van der Waals surface area contributed by atoms with Crippen LogP contribution in [0.4, 0.5) is 5.69 Å². The summed E-state index contributed by atoms with van der Waals surface area (Å²) in [6, 6.07) is 12.7. The molecule has 148 valence electrons. The molecule has 0 atom stereocenters. The molecular formula is C21H23ClN2O3S. The van der Waals surface area contributed by atoms with Gasteiger partial charge >= 0.3 is 5.97 Å². The van der Waals surface area contributed by atoms with Crippen LogP contribution in [0.5, 0.6) is 0 Å². The van der Waals surface area contributed by atoms with Gasteiger partial charge in [0, 0.05) is 41.8 Å². The quantitative estimate of drug-likeness (QED) is 0.725. The van der Waals surface area contributed by atoms with Gasteiger partial charge in [0.1, 0.15) is 0 Å². The Balaban J connectivity index is 1.61. The van der Waals surface area contributed by atoms with E-state index in [0.717, 1.165) is 35.8 Å². The van der Waals surface area contributed by atoms with Gasteiger partial charge in [-0.15, -0.1) is 0 Å². The van der Waals surface area contributed by atoms with Crippen LogP contribution in [0.1, 0.15) is 26.3 Å². The van der Waals surface area contributed by atoms with Gasteiger partial charge < -0.3 is 15.0 Å². The molecule has 1 heterocycles. The summed E-state index contributed by atoms with van der Waals surface area (Å²) in [4.78, 5) is 26.5. The van der Waals surface area contributed by atoms with Crippen LogP contribution in [0.25, 0.3) is 0 Å². The molecule has 0 aromatic heterocycles. The number of amides is 1. The second-order valence-corrected chi connectivity index (χ2v) is 8.12. The summed E-state index contributed by atoms with van der Waals surface area (Å²) in [6.07, 6.45) is 0.670. The Hall–Kier alpha value is -2.18. The van der Waals surface area contributed by atoms with Crippen LogP contribution in [-0.4, -0.2) is 50.1 Å². The number of thioether (sulfide) groups is 1. The van der Waals surface area contributed by atoms with Crippen molar-refractivity contribution in [2.24, 2.45) is 0 Å². The summed E-state index contributed by atoms with van der Waals surface area (Å²) < 4.78 is 4.70. The first-order valence-corrected chi connectivity index (χ1v) is 10.7. The standard InChI is InChI=1S/C21H23ClN2O3S/c1-27-21(26)16-4-2-15(3-5-16)8-9-23-20(25)18-14-17(22)6-7-19(18)24-10-12-28-13-11-24/h2-7,14H,8-13H2,1H3,(H,23,25). The Morgan fingerprint density at radius 2 is 1.86 bits per heavy atom. The number of nitrogens with one attached hydrogen (secondary N) is 1. The van der Waals surface area contributed by atoms with E-state index in [-0.39, 0.29) is 11.9 Å². The Morgan fingerprint density at radius 1 is 1.14 bits per heavy atom. The molecule has 0 unspecified atom stereocenters. The van der Waals surface area contributed by atoms with Crippen LogP contribution >= 0.6 is 23.4 Å². The normalized spacial score (nSPS) is 13.9. The number of esters is 1. The SMILES string of the molecule is COC(=O)c1ccc(CCNC(=O)c2cc(Cl)ccc2N2CCSCC2)cc1. The zero-order valence-corrected chi connectivity index (χ0v) is 17.3. The number of nitrogens with zero attached hydrogens (tertiary/aromatic N) is 1. The number of carbonyl (C=O) groups is 2. The van der Waals surface area contributed by atoms with Crippen molar-refractivity contribution < 1.29 is 14.3 Å². The minimum atomic E-state index is -0.357. The molecule has 7 heteroatoms. The molecule has 3 rings (SSSR count). The van der Waals surface area contributed by atoms with E-state index in [9.17, 15) is 9.59 Å². The summed E-state index contributed by atoms with van der Waals surface area (Å²) in [7, 11) is 1.36. The zero-order chi connectivity index (χ0) is 19.9. The van der Waals surface area contributed by atoms with Gasteiger partial charge in [-0.05, 0) is 42.3 Å². The highest BCUT2D eigenvalue weighted by molar-refractivity contribution is 7.99. The van der Waals surface area contributed by atoms with Gasteiger partial charge in [-0.25, -0.2) is 4.79 Å². The van der Waals surface area contributed by atoms with Crippen LogP contribution < -0.4 is 10.2 Å². The summed E-state index contributed by atoms with van der Waals surface area (Å²) in [5.74, 6) is 1.64. The monoisotopic (exact) mass is 418 g/mol. The molecular weight excluding hydrogens is 396 g/mol. The zero-order valence-electron chi connectivity index (χ0n) is 15.7. The molecule has 0 aliphatic carbocycles. The van der Waals surface area contributed by atoms with E-state index < -0.39 is 0 Å². The number of rotatable bonds is 6. The molecule has 1 amide bonds. The molecule has 0 radical (unpaired) electrons. The fourth-order valence-electron chi connectivity index (χ4n) is 3.11. The predicted molar refractivity (Wildman–Crippen MR) is 115 cm³/mol. The van der Waals surface area contributed by atoms with Gasteiger partial charge in [0.05, 0.1) is 18.2 Å². The summed E-state index contributed by atoms with van der Waals surface area (Å²) in [6.45, 7) is 2.36. The third-order valence-electron chi connectivity index (χ3n) is 4.63. The van der Waals surface area contributed by atoms with E-state index in [2.05, 4.69) is 10.2 Å². The summed E-state index contributed by atoms with van der Waals surface area (Å²) in [5.41, 5.74) is 3.09. The first kappa shape index (κ1) is 20.6. The van der Waals surface area contributed by atoms with Gasteiger partial charge in [-0.1, -0.05) is 23.7 Å². The van der Waals surface area contributed by atoms with Crippen molar-refractivity contribution in [3.8, 4) is 0 Å². The molecule has 1 aliphatic heterocycles. The lowest BCUT2D eigenvalue weighted by Crippen LogP contribution is -2.35. The lowest BCUT2D eigenvalue weighted by Gasteiger charge is -2.30. The van der Waals surface area contributed by atoms with Crippen molar-refractivity contribution in [3.63, 3.8) is 0 Å². The maximum absolute atomic E-state index is 12.8. The Labute approximate surface area is 174 Å². The molecule has 28 heavy (non-hydrogen) atoms. The van der Waals surface area contributed by atoms with E-state index in [0.29, 0.717) is 29.1 Å².